The van der Waals surface area contributed by atoms with Crippen LogP contribution in [0.4, 0.5) is 11.4 Å². The van der Waals surface area contributed by atoms with Gasteiger partial charge in [0, 0.05) is 25.5 Å². The molecule has 4 nitrogen and oxygen atoms in total. The van der Waals surface area contributed by atoms with Crippen LogP contribution in [0.2, 0.25) is 0 Å². The molecule has 0 saturated carbocycles. The first kappa shape index (κ1) is 17.0. The molecule has 1 N–H and O–H groups in total. The Hall–Kier alpha value is -2.46. The molecule has 2 aromatic carbocycles. The molecule has 3 aromatic rings. The first-order chi connectivity index (χ1) is 12.6. The average Bonchev–Trinajstić information content (AvgIpc) is 3.06. The fourth-order valence-electron chi connectivity index (χ4n) is 4.27. The summed E-state index contributed by atoms with van der Waals surface area (Å²) in [6, 6.07) is 17.5. The zero-order chi connectivity index (χ0) is 18.3. The van der Waals surface area contributed by atoms with E-state index in [4.69, 9.17) is 0 Å². The number of nitrogens with one attached hydrogen (secondary N) is 1. The molecule has 2 heterocycles. The minimum Gasteiger partial charge on any atom is -0.230 e. The molecule has 0 saturated heterocycles. The highest BCUT2D eigenvalue weighted by molar-refractivity contribution is 5.76. The molecule has 0 spiro atoms. The van der Waals surface area contributed by atoms with Crippen molar-refractivity contribution in [2.75, 3.05) is 13.6 Å². The number of quaternary nitrogens is 1. The maximum atomic E-state index is 2.46. The summed E-state index contributed by atoms with van der Waals surface area (Å²) in [5.41, 5.74) is 5.42. The Labute approximate surface area is 155 Å². The Morgan fingerprint density at radius 3 is 2.50 bits per heavy atom. The summed E-state index contributed by atoms with van der Waals surface area (Å²) < 4.78 is 7.09. The van der Waals surface area contributed by atoms with Crippen LogP contribution in [0.1, 0.15) is 25.6 Å². The van der Waals surface area contributed by atoms with Crippen LogP contribution in [-0.4, -0.2) is 28.6 Å². The van der Waals surface area contributed by atoms with Gasteiger partial charge >= 0.3 is 5.84 Å². The normalized spacial score (nSPS) is 16.5. The molecule has 4 rings (SSSR count). The van der Waals surface area contributed by atoms with Gasteiger partial charge < -0.3 is 0 Å². The SMILES string of the molecule is CC1=[N+](C)c2ccccc2[NH+]1CCCCn1c(C)[n+](C)c2ccccc21. The highest BCUT2D eigenvalue weighted by Crippen LogP contribution is 2.23. The van der Waals surface area contributed by atoms with Crippen molar-refractivity contribution in [3.63, 3.8) is 0 Å². The van der Waals surface area contributed by atoms with Crippen LogP contribution in [0, 0.1) is 6.92 Å². The summed E-state index contributed by atoms with van der Waals surface area (Å²) in [7, 11) is 4.34. The Morgan fingerprint density at radius 2 is 1.65 bits per heavy atom. The van der Waals surface area contributed by atoms with Gasteiger partial charge in [-0.25, -0.2) is 14.0 Å². The van der Waals surface area contributed by atoms with E-state index in [0.717, 1.165) is 13.1 Å². The molecule has 0 amide bonds. The Bertz CT molecular complexity index is 997. The first-order valence-corrected chi connectivity index (χ1v) is 9.56. The Balaban J connectivity index is 1.45. The summed E-state index contributed by atoms with van der Waals surface area (Å²) in [5, 5.41) is 0. The van der Waals surface area contributed by atoms with E-state index >= 15 is 0 Å². The van der Waals surface area contributed by atoms with Gasteiger partial charge in [0.05, 0.1) is 27.1 Å². The van der Waals surface area contributed by atoms with Gasteiger partial charge in [0.15, 0.2) is 11.0 Å². The van der Waals surface area contributed by atoms with Crippen molar-refractivity contribution in [2.45, 2.75) is 33.2 Å². The van der Waals surface area contributed by atoms with E-state index in [1.54, 1.807) is 0 Å². The second-order valence-electron chi connectivity index (χ2n) is 7.34. The van der Waals surface area contributed by atoms with Crippen LogP contribution in [-0.2, 0) is 13.6 Å². The topological polar surface area (TPSA) is 16.3 Å². The maximum Gasteiger partial charge on any atom is 0.344 e. The summed E-state index contributed by atoms with van der Waals surface area (Å²) in [4.78, 5) is 1.52. The van der Waals surface area contributed by atoms with Crippen LogP contribution >= 0.6 is 0 Å². The highest BCUT2D eigenvalue weighted by Gasteiger charge is 2.36. The van der Waals surface area contributed by atoms with Crippen LogP contribution in [0.3, 0.4) is 0 Å². The van der Waals surface area contributed by atoms with E-state index in [2.05, 4.69) is 90.2 Å². The van der Waals surface area contributed by atoms with Crippen molar-refractivity contribution in [1.29, 1.82) is 0 Å². The molecular formula is C22H29N4+3. The van der Waals surface area contributed by atoms with Crippen molar-refractivity contribution >= 4 is 28.2 Å². The van der Waals surface area contributed by atoms with Crippen molar-refractivity contribution in [1.82, 2.24) is 4.57 Å². The zero-order valence-electron chi connectivity index (χ0n) is 16.3. The number of unbranched alkanes of at least 4 members (excludes halogenated alkanes) is 1. The molecule has 0 bridgehead atoms. The minimum atomic E-state index is 1.08. The molecule has 0 fully saturated rings. The predicted molar refractivity (Wildman–Crippen MR) is 106 cm³/mol. The standard InChI is InChI=1S/C22H28N4/c1-17-23(3)19-11-5-7-13-21(19)25(17)15-9-10-16-26-18(2)24(4)20-12-6-8-14-22(20)26/h5-8,11-14H,9-10,15-16H2,1-4H3/q+2/p+1. The predicted octanol–water partition coefficient (Wildman–Crippen LogP) is 2.48. The van der Waals surface area contributed by atoms with Gasteiger partial charge in [-0.3, -0.25) is 0 Å². The second-order valence-corrected chi connectivity index (χ2v) is 7.34. The number of aryl methyl sites for hydroxylation is 2. The van der Waals surface area contributed by atoms with Crippen molar-refractivity contribution in [3.8, 4) is 0 Å². The summed E-state index contributed by atoms with van der Waals surface area (Å²) in [6.07, 6.45) is 2.41. The van der Waals surface area contributed by atoms with Gasteiger partial charge in [-0.2, -0.15) is 0 Å². The molecule has 0 aliphatic carbocycles. The zero-order valence-corrected chi connectivity index (χ0v) is 16.3. The lowest BCUT2D eigenvalue weighted by atomic mass is 10.2. The number of para-hydroxylation sites is 4. The number of hydrogen-bond donors (Lipinski definition) is 1. The van der Waals surface area contributed by atoms with Crippen LogP contribution < -0.4 is 9.47 Å². The van der Waals surface area contributed by atoms with Crippen molar-refractivity contribution in [2.24, 2.45) is 7.05 Å². The van der Waals surface area contributed by atoms with E-state index in [0.29, 0.717) is 0 Å². The van der Waals surface area contributed by atoms with E-state index in [1.165, 1.54) is 51.8 Å². The summed E-state index contributed by atoms with van der Waals surface area (Å²) >= 11 is 0. The number of benzene rings is 2. The smallest absolute Gasteiger partial charge is 0.230 e. The molecule has 134 valence electrons. The number of fused-ring (bicyclic) bond motifs is 2. The fraction of sp³-hybridized carbons (Fsp3) is 0.364. The number of aromatic nitrogens is 2. The number of hydrogen-bond acceptors (Lipinski definition) is 0. The van der Waals surface area contributed by atoms with E-state index in [9.17, 15) is 0 Å². The third-order valence-electron chi connectivity index (χ3n) is 6.00. The number of amidine groups is 1. The summed E-state index contributed by atoms with van der Waals surface area (Å²) in [6.45, 7) is 6.70. The monoisotopic (exact) mass is 349 g/mol. The third kappa shape index (κ3) is 2.65. The molecule has 1 unspecified atom stereocenters. The lowest BCUT2D eigenvalue weighted by Gasteiger charge is -2.09. The number of nitrogens with zero attached hydrogens (tertiary/aromatic N) is 3. The number of imidazole rings is 1. The maximum absolute atomic E-state index is 2.46. The molecule has 1 aromatic heterocycles. The molecular weight excluding hydrogens is 320 g/mol. The van der Waals surface area contributed by atoms with Crippen molar-refractivity contribution in [3.05, 3.63) is 54.4 Å². The molecule has 1 aliphatic heterocycles. The van der Waals surface area contributed by atoms with Gasteiger partial charge in [0.1, 0.15) is 7.05 Å². The summed E-state index contributed by atoms with van der Waals surface area (Å²) in [5.74, 6) is 2.73. The van der Waals surface area contributed by atoms with E-state index < -0.39 is 0 Å². The Kier molecular flexibility index (Phi) is 4.37. The fourth-order valence-corrected chi connectivity index (χ4v) is 4.27. The first-order valence-electron chi connectivity index (χ1n) is 9.56. The van der Waals surface area contributed by atoms with Crippen LogP contribution in [0.25, 0.3) is 11.0 Å². The molecule has 1 atom stereocenters. The van der Waals surface area contributed by atoms with Gasteiger partial charge in [-0.05, 0) is 18.6 Å². The third-order valence-corrected chi connectivity index (χ3v) is 6.00. The quantitative estimate of drug-likeness (QED) is 0.538. The molecule has 4 heteroatoms. The molecule has 1 aliphatic rings. The van der Waals surface area contributed by atoms with Crippen molar-refractivity contribution < 1.29 is 14.0 Å². The number of rotatable bonds is 5. The Morgan fingerprint density at radius 1 is 0.923 bits per heavy atom. The largest absolute Gasteiger partial charge is 0.344 e. The van der Waals surface area contributed by atoms with E-state index in [-0.39, 0.29) is 0 Å². The lowest BCUT2D eigenvalue weighted by molar-refractivity contribution is -0.743. The second kappa shape index (κ2) is 6.69. The van der Waals surface area contributed by atoms with E-state index in [1.807, 2.05) is 0 Å². The van der Waals surface area contributed by atoms with Gasteiger partial charge in [0.25, 0.3) is 11.5 Å². The van der Waals surface area contributed by atoms with Crippen LogP contribution in [0.15, 0.2) is 48.5 Å². The highest BCUT2D eigenvalue weighted by atomic mass is 15.3. The average molecular weight is 350 g/mol. The molecule has 0 radical (unpaired) electrons. The van der Waals surface area contributed by atoms with Gasteiger partial charge in [-0.15, -0.1) is 4.58 Å². The van der Waals surface area contributed by atoms with Gasteiger partial charge in [0.2, 0.25) is 5.69 Å². The lowest BCUT2D eigenvalue weighted by Crippen LogP contribution is -3.09. The minimum absolute atomic E-state index is 1.08. The molecule has 26 heavy (non-hydrogen) atoms. The van der Waals surface area contributed by atoms with Gasteiger partial charge in [-0.1, -0.05) is 24.3 Å². The van der Waals surface area contributed by atoms with Crippen LogP contribution in [0.5, 0.6) is 0 Å².